The minimum absolute atomic E-state index is 0.254. The van der Waals surface area contributed by atoms with Crippen molar-refractivity contribution in [1.29, 1.82) is 0 Å². The van der Waals surface area contributed by atoms with Gasteiger partial charge in [-0.25, -0.2) is 0 Å². The number of methoxy groups -OCH3 is 2. The first-order valence-electron chi connectivity index (χ1n) is 14.8. The molecule has 0 aromatic heterocycles. The summed E-state index contributed by atoms with van der Waals surface area (Å²) in [5.74, 6) is -1.02. The van der Waals surface area contributed by atoms with E-state index in [4.69, 9.17) is 14.2 Å². The molecule has 2 fully saturated rings. The fourth-order valence-corrected chi connectivity index (χ4v) is 6.84. The van der Waals surface area contributed by atoms with Crippen LogP contribution in [0.5, 0.6) is 11.5 Å². The van der Waals surface area contributed by atoms with E-state index >= 15 is 0 Å². The van der Waals surface area contributed by atoms with Gasteiger partial charge in [-0.05, 0) is 54.3 Å². The molecule has 3 aromatic carbocycles. The molecule has 0 unspecified atom stereocenters. The van der Waals surface area contributed by atoms with Crippen LogP contribution in [-0.4, -0.2) is 60.6 Å². The Balaban J connectivity index is 1.26. The van der Waals surface area contributed by atoms with Crippen LogP contribution >= 0.6 is 0 Å². The molecule has 9 heteroatoms. The summed E-state index contributed by atoms with van der Waals surface area (Å²) in [5, 5.41) is 6.05. The third kappa shape index (κ3) is 5.21. The Bertz CT molecular complexity index is 1560. The second-order valence-corrected chi connectivity index (χ2v) is 11.7. The van der Waals surface area contributed by atoms with Crippen LogP contribution < -0.4 is 20.1 Å². The van der Waals surface area contributed by atoms with Crippen molar-refractivity contribution in [3.8, 4) is 11.5 Å². The van der Waals surface area contributed by atoms with E-state index in [1.54, 1.807) is 19.1 Å². The molecule has 6 rings (SSSR count). The fourth-order valence-electron chi connectivity index (χ4n) is 6.84. The summed E-state index contributed by atoms with van der Waals surface area (Å²) in [6.07, 6.45) is 4.21. The Morgan fingerprint density at radius 3 is 1.98 bits per heavy atom. The van der Waals surface area contributed by atoms with Crippen LogP contribution in [0.4, 0.5) is 0 Å². The summed E-state index contributed by atoms with van der Waals surface area (Å²) in [6.45, 7) is 2.71. The third-order valence-electron chi connectivity index (χ3n) is 9.06. The van der Waals surface area contributed by atoms with Gasteiger partial charge in [0.25, 0.3) is 0 Å². The van der Waals surface area contributed by atoms with Crippen LogP contribution in [0, 0.1) is 11.8 Å². The lowest BCUT2D eigenvalue weighted by atomic mass is 9.70. The maximum absolute atomic E-state index is 14.3. The van der Waals surface area contributed by atoms with Gasteiger partial charge in [-0.15, -0.1) is 0 Å². The van der Waals surface area contributed by atoms with Gasteiger partial charge in [0.1, 0.15) is 23.1 Å². The number of nitrogens with one attached hydrogen (secondary N) is 2. The van der Waals surface area contributed by atoms with Crippen LogP contribution in [0.1, 0.15) is 23.6 Å². The second kappa shape index (κ2) is 11.8. The molecule has 0 radical (unpaired) electrons. The summed E-state index contributed by atoms with van der Waals surface area (Å²) in [5.41, 5.74) is 0.562. The van der Waals surface area contributed by atoms with Gasteiger partial charge < -0.3 is 29.7 Å². The van der Waals surface area contributed by atoms with Crippen LogP contribution in [0.15, 0.2) is 91.0 Å². The molecule has 3 aromatic rings. The summed E-state index contributed by atoms with van der Waals surface area (Å²) in [7, 11) is 3.21. The molecule has 0 aliphatic carbocycles. The van der Waals surface area contributed by atoms with E-state index in [2.05, 4.69) is 10.6 Å². The first-order valence-corrected chi connectivity index (χ1v) is 14.8. The van der Waals surface area contributed by atoms with Gasteiger partial charge in [0, 0.05) is 19.6 Å². The maximum atomic E-state index is 14.3. The SMILES string of the molecule is COc1ccc(CCN2C(=O)[C@@H]3[C@H](C(=O)NCc4ccc(OC)cc4)[C@@]4(C)C=C[C@]3(O4)[C@H]2C(=O)NCc2ccccc2)cc1. The van der Waals surface area contributed by atoms with Crippen molar-refractivity contribution in [2.45, 2.75) is 43.7 Å². The van der Waals surface area contributed by atoms with Gasteiger partial charge in [0.15, 0.2) is 0 Å². The number of hydrogen-bond donors (Lipinski definition) is 2. The summed E-state index contributed by atoms with van der Waals surface area (Å²) >= 11 is 0. The molecule has 2 saturated heterocycles. The van der Waals surface area contributed by atoms with Crippen molar-refractivity contribution in [2.75, 3.05) is 20.8 Å². The number of fused-ring (bicyclic) bond motifs is 1. The third-order valence-corrected chi connectivity index (χ3v) is 9.06. The van der Waals surface area contributed by atoms with Crippen LogP contribution in [-0.2, 0) is 38.6 Å². The molecule has 3 heterocycles. The standard InChI is InChI=1S/C35H37N3O6/c1-34-18-19-35(44-34)29(28(34)31(39)36-22-25-11-15-27(43-3)16-12-25)33(41)38(20-17-23-9-13-26(42-2)14-10-23)30(35)32(40)37-21-24-7-5-4-6-8-24/h4-16,18-19,28-30H,17,20-22H2,1-3H3,(H,36,39)(H,37,40)/t28-,29+,30-,34-,35-/m1/s1. The Kier molecular flexibility index (Phi) is 7.90. The number of carbonyl (C=O) groups is 3. The highest BCUT2D eigenvalue weighted by atomic mass is 16.5. The normalized spacial score (nSPS) is 26.4. The van der Waals surface area contributed by atoms with Gasteiger partial charge in [0.05, 0.1) is 31.7 Å². The highest BCUT2D eigenvalue weighted by Crippen LogP contribution is 2.59. The molecule has 0 saturated carbocycles. The molecule has 228 valence electrons. The highest BCUT2D eigenvalue weighted by Gasteiger charge is 2.76. The molecule has 3 aliphatic heterocycles. The Morgan fingerprint density at radius 1 is 0.795 bits per heavy atom. The number of carbonyl (C=O) groups excluding carboxylic acids is 3. The zero-order chi connectivity index (χ0) is 30.9. The lowest BCUT2D eigenvalue weighted by molar-refractivity contribution is -0.145. The van der Waals surface area contributed by atoms with Crippen molar-refractivity contribution >= 4 is 17.7 Å². The van der Waals surface area contributed by atoms with E-state index in [0.29, 0.717) is 19.5 Å². The second-order valence-electron chi connectivity index (χ2n) is 11.7. The van der Waals surface area contributed by atoms with E-state index < -0.39 is 29.1 Å². The first kappa shape index (κ1) is 29.4. The molecular weight excluding hydrogens is 558 g/mol. The monoisotopic (exact) mass is 595 g/mol. The first-order chi connectivity index (χ1) is 21.3. The Morgan fingerprint density at radius 2 is 1.36 bits per heavy atom. The largest absolute Gasteiger partial charge is 0.497 e. The number of rotatable bonds is 11. The van der Waals surface area contributed by atoms with Gasteiger partial charge >= 0.3 is 0 Å². The van der Waals surface area contributed by atoms with Crippen molar-refractivity contribution in [1.82, 2.24) is 15.5 Å². The van der Waals surface area contributed by atoms with Gasteiger partial charge in [0.2, 0.25) is 17.7 Å². The topological polar surface area (TPSA) is 106 Å². The van der Waals surface area contributed by atoms with Crippen molar-refractivity contribution in [3.05, 3.63) is 108 Å². The quantitative estimate of drug-likeness (QED) is 0.329. The smallest absolute Gasteiger partial charge is 0.246 e. The average Bonchev–Trinajstić information content (AvgIpc) is 3.62. The molecule has 44 heavy (non-hydrogen) atoms. The number of hydrogen-bond acceptors (Lipinski definition) is 6. The predicted octanol–water partition coefficient (Wildman–Crippen LogP) is 3.42. The molecule has 2 N–H and O–H groups in total. The van der Waals surface area contributed by atoms with Gasteiger partial charge in [-0.2, -0.15) is 0 Å². The van der Waals surface area contributed by atoms with Crippen molar-refractivity contribution in [2.24, 2.45) is 11.8 Å². The minimum atomic E-state index is -1.26. The van der Waals surface area contributed by atoms with E-state index in [1.807, 2.05) is 97.9 Å². The number of likely N-dealkylation sites (tertiary alicyclic amines) is 1. The van der Waals surface area contributed by atoms with Crippen LogP contribution in [0.3, 0.4) is 0 Å². The zero-order valence-corrected chi connectivity index (χ0v) is 25.1. The van der Waals surface area contributed by atoms with Gasteiger partial charge in [-0.3, -0.25) is 14.4 Å². The highest BCUT2D eigenvalue weighted by molar-refractivity contribution is 6.00. The average molecular weight is 596 g/mol. The summed E-state index contributed by atoms with van der Waals surface area (Å²) in [4.78, 5) is 43.7. The molecule has 3 amide bonds. The summed E-state index contributed by atoms with van der Waals surface area (Å²) in [6, 6.07) is 23.8. The number of amides is 3. The van der Waals surface area contributed by atoms with E-state index in [1.165, 1.54) is 0 Å². The van der Waals surface area contributed by atoms with Crippen molar-refractivity contribution < 1.29 is 28.6 Å². The van der Waals surface area contributed by atoms with Gasteiger partial charge in [-0.1, -0.05) is 66.7 Å². The molecule has 5 atom stereocenters. The van der Waals surface area contributed by atoms with Crippen molar-refractivity contribution in [3.63, 3.8) is 0 Å². The Labute approximate surface area is 257 Å². The fraction of sp³-hybridized carbons (Fsp3) is 0.343. The van der Waals surface area contributed by atoms with Crippen LogP contribution in [0.25, 0.3) is 0 Å². The molecule has 2 bridgehead atoms. The molecule has 9 nitrogen and oxygen atoms in total. The lowest BCUT2D eigenvalue weighted by Crippen LogP contribution is -2.55. The predicted molar refractivity (Wildman–Crippen MR) is 164 cm³/mol. The summed E-state index contributed by atoms with van der Waals surface area (Å²) < 4.78 is 17.1. The molecule has 3 aliphatic rings. The molecule has 1 spiro atoms. The number of nitrogens with zero attached hydrogens (tertiary/aromatic N) is 1. The molecular formula is C35H37N3O6. The zero-order valence-electron chi connectivity index (χ0n) is 25.1. The number of ether oxygens (including phenoxy) is 3. The van der Waals surface area contributed by atoms with E-state index in [9.17, 15) is 14.4 Å². The lowest BCUT2D eigenvalue weighted by Gasteiger charge is -2.33. The van der Waals surface area contributed by atoms with E-state index in [-0.39, 0.29) is 24.3 Å². The van der Waals surface area contributed by atoms with Crippen LogP contribution in [0.2, 0.25) is 0 Å². The number of benzene rings is 3. The maximum Gasteiger partial charge on any atom is 0.246 e. The van der Waals surface area contributed by atoms with E-state index in [0.717, 1.165) is 28.2 Å². The minimum Gasteiger partial charge on any atom is -0.497 e. The Hall–Kier alpha value is -4.63.